The van der Waals surface area contributed by atoms with Gasteiger partial charge in [0.15, 0.2) is 0 Å². The van der Waals surface area contributed by atoms with Crippen LogP contribution in [-0.2, 0) is 15.8 Å². The lowest BCUT2D eigenvalue weighted by atomic mass is 10.2. The number of benzene rings is 2. The Morgan fingerprint density at radius 1 is 0.958 bits per heavy atom. The fourth-order valence-electron chi connectivity index (χ4n) is 2.91. The average molecular weight is 352 g/mol. The Hall–Kier alpha value is -2.15. The summed E-state index contributed by atoms with van der Waals surface area (Å²) in [6.07, 6.45) is 0.629. The van der Waals surface area contributed by atoms with Gasteiger partial charge in [-0.15, -0.1) is 0 Å². The maximum absolute atomic E-state index is 13.9. The molecule has 1 heterocycles. The molecule has 1 aliphatic heterocycles. The second-order valence-electron chi connectivity index (χ2n) is 5.79. The third-order valence-corrected chi connectivity index (χ3v) is 5.84. The van der Waals surface area contributed by atoms with E-state index < -0.39 is 33.0 Å². The Kier molecular flexibility index (Phi) is 4.45. The van der Waals surface area contributed by atoms with Crippen molar-refractivity contribution in [2.75, 3.05) is 29.3 Å². The number of rotatable bonds is 3. The van der Waals surface area contributed by atoms with Gasteiger partial charge in [-0.05, 0) is 30.7 Å². The summed E-state index contributed by atoms with van der Waals surface area (Å²) in [6, 6.07) is 10.5. The largest absolute Gasteiger partial charge is 0.373 e. The molecule has 0 atom stereocenters. The van der Waals surface area contributed by atoms with Crippen molar-refractivity contribution in [2.24, 2.45) is 0 Å². The summed E-state index contributed by atoms with van der Waals surface area (Å²) in [4.78, 5) is 1.98. The molecule has 0 saturated heterocycles. The van der Waals surface area contributed by atoms with Crippen molar-refractivity contribution in [1.29, 1.82) is 0 Å². The highest BCUT2D eigenvalue weighted by atomic mass is 32.2. The molecule has 0 radical (unpaired) electrons. The third-order valence-electron chi connectivity index (χ3n) is 4.14. The van der Waals surface area contributed by atoms with E-state index in [-0.39, 0.29) is 6.54 Å². The van der Waals surface area contributed by atoms with E-state index in [0.717, 1.165) is 17.8 Å². The summed E-state index contributed by atoms with van der Waals surface area (Å²) in [5, 5.41) is 0. The van der Waals surface area contributed by atoms with Crippen molar-refractivity contribution in [3.05, 3.63) is 59.7 Å². The highest BCUT2D eigenvalue weighted by Crippen LogP contribution is 2.34. The van der Waals surface area contributed by atoms with Crippen LogP contribution in [0.3, 0.4) is 0 Å². The normalized spacial score (nSPS) is 15.1. The standard InChI is InChI=1S/C17H18F2N2O2S/c1-20-10-5-11-21(17-9-3-2-8-16(17)20)24(22,23)12-13-14(18)6-4-7-15(13)19/h2-4,6-9H,5,10-12H2,1H3. The van der Waals surface area contributed by atoms with Crippen molar-refractivity contribution in [3.63, 3.8) is 0 Å². The zero-order valence-electron chi connectivity index (χ0n) is 13.2. The van der Waals surface area contributed by atoms with Gasteiger partial charge in [0.2, 0.25) is 10.0 Å². The van der Waals surface area contributed by atoms with E-state index in [1.807, 2.05) is 24.1 Å². The van der Waals surface area contributed by atoms with Crippen molar-refractivity contribution in [1.82, 2.24) is 0 Å². The number of hydrogen-bond acceptors (Lipinski definition) is 3. The first kappa shape index (κ1) is 16.7. The minimum Gasteiger partial charge on any atom is -0.373 e. The van der Waals surface area contributed by atoms with Crippen LogP contribution >= 0.6 is 0 Å². The Labute approximate surface area is 140 Å². The molecule has 0 fully saturated rings. The number of hydrogen-bond donors (Lipinski definition) is 0. The fourth-order valence-corrected chi connectivity index (χ4v) is 4.57. The quantitative estimate of drug-likeness (QED) is 0.852. The number of fused-ring (bicyclic) bond motifs is 1. The molecule has 0 unspecified atom stereocenters. The van der Waals surface area contributed by atoms with Crippen molar-refractivity contribution >= 4 is 21.4 Å². The van der Waals surface area contributed by atoms with Gasteiger partial charge in [0.1, 0.15) is 17.4 Å². The molecule has 0 N–H and O–H groups in total. The van der Waals surface area contributed by atoms with Crippen molar-refractivity contribution < 1.29 is 17.2 Å². The van der Waals surface area contributed by atoms with Gasteiger partial charge in [0.25, 0.3) is 0 Å². The van der Waals surface area contributed by atoms with Crippen molar-refractivity contribution in [3.8, 4) is 0 Å². The second kappa shape index (κ2) is 6.39. The Balaban J connectivity index is 2.02. The van der Waals surface area contributed by atoms with Gasteiger partial charge in [0.05, 0.1) is 11.4 Å². The lowest BCUT2D eigenvalue weighted by Crippen LogP contribution is -2.33. The van der Waals surface area contributed by atoms with Crippen LogP contribution in [0.25, 0.3) is 0 Å². The van der Waals surface area contributed by atoms with Gasteiger partial charge in [-0.3, -0.25) is 4.31 Å². The fraction of sp³-hybridized carbons (Fsp3) is 0.294. The van der Waals surface area contributed by atoms with Crippen LogP contribution in [0, 0.1) is 11.6 Å². The van der Waals surface area contributed by atoms with E-state index in [2.05, 4.69) is 0 Å². The van der Waals surface area contributed by atoms with Crippen LogP contribution in [0.5, 0.6) is 0 Å². The molecule has 3 rings (SSSR count). The number of anilines is 2. The van der Waals surface area contributed by atoms with E-state index in [0.29, 0.717) is 18.7 Å². The van der Waals surface area contributed by atoms with Gasteiger partial charge in [-0.1, -0.05) is 18.2 Å². The summed E-state index contributed by atoms with van der Waals surface area (Å²) < 4.78 is 54.7. The highest BCUT2D eigenvalue weighted by molar-refractivity contribution is 7.92. The predicted molar refractivity (Wildman–Crippen MR) is 90.7 cm³/mol. The van der Waals surface area contributed by atoms with Gasteiger partial charge in [-0.25, -0.2) is 17.2 Å². The minimum absolute atomic E-state index is 0.278. The van der Waals surface area contributed by atoms with Gasteiger partial charge < -0.3 is 4.90 Å². The molecular formula is C17H18F2N2O2S. The Morgan fingerprint density at radius 3 is 2.25 bits per heavy atom. The van der Waals surface area contributed by atoms with Crippen LogP contribution in [0.1, 0.15) is 12.0 Å². The lowest BCUT2D eigenvalue weighted by molar-refractivity contribution is 0.554. The van der Waals surface area contributed by atoms with E-state index in [1.165, 1.54) is 10.4 Å². The van der Waals surface area contributed by atoms with Gasteiger partial charge in [0, 0.05) is 25.7 Å². The molecule has 2 aromatic rings. The van der Waals surface area contributed by atoms with Crippen molar-refractivity contribution in [2.45, 2.75) is 12.2 Å². The van der Waals surface area contributed by atoms with E-state index in [9.17, 15) is 17.2 Å². The zero-order valence-corrected chi connectivity index (χ0v) is 14.1. The molecule has 0 aliphatic carbocycles. The van der Waals surface area contributed by atoms with Crippen LogP contribution in [-0.4, -0.2) is 28.6 Å². The van der Waals surface area contributed by atoms with E-state index >= 15 is 0 Å². The molecule has 0 aromatic heterocycles. The number of para-hydroxylation sites is 2. The summed E-state index contributed by atoms with van der Waals surface area (Å²) in [5.41, 5.74) is 0.898. The first-order chi connectivity index (χ1) is 11.4. The third kappa shape index (κ3) is 3.08. The molecule has 0 spiro atoms. The van der Waals surface area contributed by atoms with E-state index in [1.54, 1.807) is 12.1 Å². The number of halogens is 2. The topological polar surface area (TPSA) is 40.6 Å². The zero-order chi connectivity index (χ0) is 17.3. The SMILES string of the molecule is CN1CCCN(S(=O)(=O)Cc2c(F)cccc2F)c2ccccc21. The van der Waals surface area contributed by atoms with Gasteiger partial charge >= 0.3 is 0 Å². The average Bonchev–Trinajstić information content (AvgIpc) is 2.71. The second-order valence-corrected chi connectivity index (χ2v) is 7.69. The lowest BCUT2D eigenvalue weighted by Gasteiger charge is -2.25. The van der Waals surface area contributed by atoms with Crippen LogP contribution in [0.2, 0.25) is 0 Å². The molecule has 128 valence electrons. The summed E-state index contributed by atoms with van der Waals surface area (Å²) in [5.74, 6) is -2.40. The predicted octanol–water partition coefficient (Wildman–Crippen LogP) is 3.14. The first-order valence-corrected chi connectivity index (χ1v) is 9.24. The van der Waals surface area contributed by atoms with Crippen LogP contribution in [0.4, 0.5) is 20.2 Å². The first-order valence-electron chi connectivity index (χ1n) is 7.63. The molecule has 0 bridgehead atoms. The minimum atomic E-state index is -3.91. The molecule has 2 aromatic carbocycles. The molecule has 1 aliphatic rings. The number of nitrogens with zero attached hydrogens (tertiary/aromatic N) is 2. The van der Waals surface area contributed by atoms with Crippen LogP contribution < -0.4 is 9.21 Å². The summed E-state index contributed by atoms with van der Waals surface area (Å²) in [6.45, 7) is 0.983. The molecule has 0 saturated carbocycles. The Morgan fingerprint density at radius 2 is 1.58 bits per heavy atom. The monoisotopic (exact) mass is 352 g/mol. The molecular weight excluding hydrogens is 334 g/mol. The summed E-state index contributed by atoms with van der Waals surface area (Å²) >= 11 is 0. The van der Waals surface area contributed by atoms with Gasteiger partial charge in [-0.2, -0.15) is 0 Å². The maximum Gasteiger partial charge on any atom is 0.239 e. The highest BCUT2D eigenvalue weighted by Gasteiger charge is 2.29. The van der Waals surface area contributed by atoms with E-state index in [4.69, 9.17) is 0 Å². The van der Waals surface area contributed by atoms with Crippen LogP contribution in [0.15, 0.2) is 42.5 Å². The molecule has 24 heavy (non-hydrogen) atoms. The molecule has 4 nitrogen and oxygen atoms in total. The number of sulfonamides is 1. The molecule has 7 heteroatoms. The summed E-state index contributed by atoms with van der Waals surface area (Å²) in [7, 11) is -2.02. The maximum atomic E-state index is 13.9. The Bertz CT molecular complexity index is 835. The molecule has 0 amide bonds. The smallest absolute Gasteiger partial charge is 0.239 e.